The number of aromatic amines is 1. The van der Waals surface area contributed by atoms with E-state index in [1.165, 1.54) is 12.8 Å². The van der Waals surface area contributed by atoms with Gasteiger partial charge in [0.05, 0.1) is 17.3 Å². The number of carbonyl (C=O) groups is 1. The van der Waals surface area contributed by atoms with E-state index in [4.69, 9.17) is 4.42 Å². The molecular weight excluding hydrogens is 360 g/mol. The number of anilines is 1. The van der Waals surface area contributed by atoms with Gasteiger partial charge < -0.3 is 14.7 Å². The molecule has 3 aromatic heterocycles. The molecule has 2 N–H and O–H groups in total. The van der Waals surface area contributed by atoms with E-state index in [2.05, 4.69) is 31.3 Å². The molecule has 1 fully saturated rings. The Bertz CT molecular complexity index is 839. The quantitative estimate of drug-likeness (QED) is 0.711. The maximum atomic E-state index is 12.5. The first-order valence-corrected chi connectivity index (χ1v) is 8.55. The molecule has 0 unspecified atom stereocenters. The normalized spacial score (nSPS) is 15.6. The van der Waals surface area contributed by atoms with Gasteiger partial charge in [0.2, 0.25) is 0 Å². The molecule has 0 atom stereocenters. The predicted molar refractivity (Wildman–Crippen MR) is 90.7 cm³/mol. The van der Waals surface area contributed by atoms with Gasteiger partial charge in [-0.1, -0.05) is 12.8 Å². The smallest absolute Gasteiger partial charge is 0.273 e. The number of nitrogens with one attached hydrogen (secondary N) is 2. The Morgan fingerprint density at radius 3 is 2.91 bits per heavy atom. The number of nitrogens with zero attached hydrogens (tertiary/aromatic N) is 2. The van der Waals surface area contributed by atoms with Crippen molar-refractivity contribution in [3.05, 3.63) is 34.3 Å². The summed E-state index contributed by atoms with van der Waals surface area (Å²) in [5.41, 5.74) is 2.84. The molecule has 0 spiro atoms. The maximum Gasteiger partial charge on any atom is 0.273 e. The number of aryl methyl sites for hydroxylation is 1. The van der Waals surface area contributed by atoms with Crippen molar-refractivity contribution in [2.24, 2.45) is 0 Å². The first-order valence-electron chi connectivity index (χ1n) is 7.76. The highest BCUT2D eigenvalue weighted by Gasteiger charge is 2.22. The number of hydrogen-bond acceptors (Lipinski definition) is 3. The standard InChI is InChI=1S/C16H17BrN4O2/c1-9-6-15(21(20-9)10-4-2-3-5-10)19-16(22)12-7-13-11(18-12)8-14(17)23-13/h6-8,10,18H,2-5H2,1H3,(H,19,22). The Kier molecular flexibility index (Phi) is 3.52. The van der Waals surface area contributed by atoms with Gasteiger partial charge in [-0.15, -0.1) is 0 Å². The molecule has 4 rings (SSSR count). The van der Waals surface area contributed by atoms with Crippen molar-refractivity contribution in [1.29, 1.82) is 0 Å². The molecule has 23 heavy (non-hydrogen) atoms. The molecule has 7 heteroatoms. The molecule has 0 radical (unpaired) electrons. The summed E-state index contributed by atoms with van der Waals surface area (Å²) in [7, 11) is 0. The SMILES string of the molecule is Cc1cc(NC(=O)c2cc3oc(Br)cc3[nH]2)n(C2CCCC2)n1. The second-order valence-corrected chi connectivity index (χ2v) is 6.80. The van der Waals surface area contributed by atoms with E-state index in [0.29, 0.717) is 22.0 Å². The zero-order valence-electron chi connectivity index (χ0n) is 12.7. The van der Waals surface area contributed by atoms with Crippen LogP contribution in [0.1, 0.15) is 47.9 Å². The Morgan fingerprint density at radius 1 is 1.39 bits per heavy atom. The van der Waals surface area contributed by atoms with Crippen LogP contribution in [-0.2, 0) is 0 Å². The van der Waals surface area contributed by atoms with Gasteiger partial charge in [0, 0.05) is 18.2 Å². The number of carbonyl (C=O) groups excluding carboxylic acids is 1. The lowest BCUT2D eigenvalue weighted by Gasteiger charge is -2.14. The van der Waals surface area contributed by atoms with Crippen molar-refractivity contribution >= 4 is 38.8 Å². The Balaban J connectivity index is 1.59. The van der Waals surface area contributed by atoms with Gasteiger partial charge in [-0.25, -0.2) is 4.68 Å². The van der Waals surface area contributed by atoms with Crippen LogP contribution in [0, 0.1) is 6.92 Å². The molecule has 3 heterocycles. The van der Waals surface area contributed by atoms with Crippen LogP contribution in [0.3, 0.4) is 0 Å². The molecule has 1 saturated carbocycles. The van der Waals surface area contributed by atoms with Gasteiger partial charge in [-0.3, -0.25) is 4.79 Å². The topological polar surface area (TPSA) is 75.8 Å². The van der Waals surface area contributed by atoms with E-state index in [1.807, 2.05) is 17.7 Å². The van der Waals surface area contributed by atoms with Crippen LogP contribution in [0.4, 0.5) is 5.82 Å². The molecule has 6 nitrogen and oxygen atoms in total. The molecule has 1 aliphatic carbocycles. The highest BCUT2D eigenvalue weighted by atomic mass is 79.9. The van der Waals surface area contributed by atoms with Crippen molar-refractivity contribution in [2.75, 3.05) is 5.32 Å². The van der Waals surface area contributed by atoms with Crippen molar-refractivity contribution in [2.45, 2.75) is 38.6 Å². The number of aromatic nitrogens is 3. The summed E-state index contributed by atoms with van der Waals surface area (Å²) in [6.45, 7) is 1.94. The van der Waals surface area contributed by atoms with Crippen LogP contribution in [0.5, 0.6) is 0 Å². The average molecular weight is 377 g/mol. The Hall–Kier alpha value is -2.02. The number of furan rings is 1. The van der Waals surface area contributed by atoms with Crippen LogP contribution in [0.25, 0.3) is 11.1 Å². The highest BCUT2D eigenvalue weighted by Crippen LogP contribution is 2.32. The highest BCUT2D eigenvalue weighted by molar-refractivity contribution is 9.10. The third-order valence-corrected chi connectivity index (χ3v) is 4.68. The van der Waals surface area contributed by atoms with Crippen LogP contribution in [0.2, 0.25) is 0 Å². The lowest BCUT2D eigenvalue weighted by Crippen LogP contribution is -2.18. The predicted octanol–water partition coefficient (Wildman–Crippen LogP) is 4.40. The van der Waals surface area contributed by atoms with E-state index >= 15 is 0 Å². The Labute approximate surface area is 141 Å². The van der Waals surface area contributed by atoms with E-state index < -0.39 is 0 Å². The van der Waals surface area contributed by atoms with Crippen LogP contribution < -0.4 is 5.32 Å². The summed E-state index contributed by atoms with van der Waals surface area (Å²) in [5, 5.41) is 7.52. The summed E-state index contributed by atoms with van der Waals surface area (Å²) < 4.78 is 8.05. The van der Waals surface area contributed by atoms with Gasteiger partial charge in [0.15, 0.2) is 10.3 Å². The minimum atomic E-state index is -0.188. The number of amides is 1. The monoisotopic (exact) mass is 376 g/mol. The first kappa shape index (κ1) is 14.6. The van der Waals surface area contributed by atoms with Crippen molar-refractivity contribution in [1.82, 2.24) is 14.8 Å². The zero-order chi connectivity index (χ0) is 16.0. The molecule has 120 valence electrons. The van der Waals surface area contributed by atoms with Gasteiger partial charge in [-0.2, -0.15) is 5.10 Å². The molecule has 0 aromatic carbocycles. The fourth-order valence-corrected chi connectivity index (χ4v) is 3.64. The van der Waals surface area contributed by atoms with E-state index in [-0.39, 0.29) is 5.91 Å². The largest absolute Gasteiger partial charge is 0.448 e. The van der Waals surface area contributed by atoms with Crippen molar-refractivity contribution < 1.29 is 9.21 Å². The number of H-pyrrole nitrogens is 1. The van der Waals surface area contributed by atoms with E-state index in [1.54, 1.807) is 12.1 Å². The number of halogens is 1. The molecule has 1 amide bonds. The third-order valence-electron chi connectivity index (χ3n) is 4.29. The van der Waals surface area contributed by atoms with Crippen molar-refractivity contribution in [3.8, 4) is 0 Å². The summed E-state index contributed by atoms with van der Waals surface area (Å²) >= 11 is 3.27. The lowest BCUT2D eigenvalue weighted by atomic mass is 10.2. The molecule has 0 saturated heterocycles. The van der Waals surface area contributed by atoms with Gasteiger partial charge in [-0.05, 0) is 35.7 Å². The van der Waals surface area contributed by atoms with Gasteiger partial charge in [0.25, 0.3) is 5.91 Å². The number of hydrogen-bond donors (Lipinski definition) is 2. The third kappa shape index (κ3) is 2.69. The van der Waals surface area contributed by atoms with Crippen LogP contribution >= 0.6 is 15.9 Å². The summed E-state index contributed by atoms with van der Waals surface area (Å²) in [4.78, 5) is 15.6. The maximum absolute atomic E-state index is 12.5. The number of fused-ring (bicyclic) bond motifs is 1. The first-order chi connectivity index (χ1) is 11.1. The fourth-order valence-electron chi connectivity index (χ4n) is 3.23. The summed E-state index contributed by atoms with van der Waals surface area (Å²) in [5.74, 6) is 0.568. The molecule has 0 aliphatic heterocycles. The minimum absolute atomic E-state index is 0.188. The molecule has 3 aromatic rings. The minimum Gasteiger partial charge on any atom is -0.448 e. The number of rotatable bonds is 3. The van der Waals surface area contributed by atoms with E-state index in [9.17, 15) is 4.79 Å². The van der Waals surface area contributed by atoms with Crippen LogP contribution in [0.15, 0.2) is 27.3 Å². The van der Waals surface area contributed by atoms with Gasteiger partial charge in [0.1, 0.15) is 11.5 Å². The second kappa shape index (κ2) is 5.56. The fraction of sp³-hybridized carbons (Fsp3) is 0.375. The summed E-state index contributed by atoms with van der Waals surface area (Å²) in [6.07, 6.45) is 4.68. The average Bonchev–Trinajstić information content (AvgIpc) is 3.21. The van der Waals surface area contributed by atoms with Crippen LogP contribution in [-0.4, -0.2) is 20.7 Å². The molecule has 1 aliphatic rings. The molecular formula is C16H17BrN4O2. The second-order valence-electron chi connectivity index (χ2n) is 6.02. The zero-order valence-corrected chi connectivity index (χ0v) is 14.3. The lowest BCUT2D eigenvalue weighted by molar-refractivity contribution is 0.102. The van der Waals surface area contributed by atoms with Gasteiger partial charge >= 0.3 is 0 Å². The molecule has 0 bridgehead atoms. The summed E-state index contributed by atoms with van der Waals surface area (Å²) in [6, 6.07) is 5.81. The Morgan fingerprint density at radius 2 is 2.17 bits per heavy atom. The van der Waals surface area contributed by atoms with E-state index in [0.717, 1.165) is 29.9 Å². The van der Waals surface area contributed by atoms with Crippen molar-refractivity contribution in [3.63, 3.8) is 0 Å².